The summed E-state index contributed by atoms with van der Waals surface area (Å²) in [6.45, 7) is 1.38. The zero-order valence-electron chi connectivity index (χ0n) is 20.2. The maximum absolute atomic E-state index is 14.8. The number of aryl methyl sites for hydroxylation is 1. The van der Waals surface area contributed by atoms with Gasteiger partial charge in [0.25, 0.3) is 5.91 Å². The van der Waals surface area contributed by atoms with Gasteiger partial charge in [-0.2, -0.15) is 0 Å². The predicted octanol–water partition coefficient (Wildman–Crippen LogP) is 2.26. The van der Waals surface area contributed by atoms with Crippen molar-refractivity contribution in [3.8, 4) is 5.75 Å². The van der Waals surface area contributed by atoms with E-state index >= 15 is 0 Å². The van der Waals surface area contributed by atoms with Crippen LogP contribution >= 0.6 is 0 Å². The lowest BCUT2D eigenvalue weighted by atomic mass is 9.86. The van der Waals surface area contributed by atoms with Crippen molar-refractivity contribution < 1.29 is 23.8 Å². The van der Waals surface area contributed by atoms with Crippen LogP contribution in [0.15, 0.2) is 29.2 Å². The van der Waals surface area contributed by atoms with E-state index in [0.29, 0.717) is 24.0 Å². The average molecular weight is 511 g/mol. The van der Waals surface area contributed by atoms with Crippen molar-refractivity contribution in [2.45, 2.75) is 38.3 Å². The zero-order chi connectivity index (χ0) is 26.1. The number of ether oxygens (including phenoxy) is 1. The molecule has 0 atom stereocenters. The van der Waals surface area contributed by atoms with Crippen LogP contribution in [0, 0.1) is 11.7 Å². The molecule has 0 spiro atoms. The number of carboxylic acid groups (broad SMARTS) is 1. The number of anilines is 2. The molecular weight excluding hydrogens is 483 g/mol. The van der Waals surface area contributed by atoms with Gasteiger partial charge in [0.05, 0.1) is 11.1 Å². The van der Waals surface area contributed by atoms with Crippen molar-refractivity contribution in [3.05, 3.63) is 51.7 Å². The largest absolute Gasteiger partial charge is 0.480 e. The van der Waals surface area contributed by atoms with Crippen LogP contribution in [-0.4, -0.2) is 50.7 Å². The van der Waals surface area contributed by atoms with Crippen LogP contribution in [0.1, 0.15) is 41.7 Å². The zero-order valence-corrected chi connectivity index (χ0v) is 20.2. The number of halogens is 1. The van der Waals surface area contributed by atoms with Crippen molar-refractivity contribution >= 4 is 34.5 Å². The maximum Gasteiger partial charge on any atom is 0.341 e. The summed E-state index contributed by atoms with van der Waals surface area (Å²) in [7, 11) is 1.57. The van der Waals surface area contributed by atoms with Crippen LogP contribution in [0.3, 0.4) is 0 Å². The Balaban J connectivity index is 1.15. The van der Waals surface area contributed by atoms with Gasteiger partial charge < -0.3 is 30.4 Å². The van der Waals surface area contributed by atoms with E-state index in [2.05, 4.69) is 25.9 Å². The molecule has 0 bridgehead atoms. The number of aromatic nitrogens is 3. The van der Waals surface area contributed by atoms with Crippen molar-refractivity contribution in [2.75, 3.05) is 23.8 Å². The van der Waals surface area contributed by atoms with Crippen molar-refractivity contribution in [1.29, 1.82) is 0 Å². The summed E-state index contributed by atoms with van der Waals surface area (Å²) in [5.41, 5.74) is -0.149. The molecule has 1 fully saturated rings. The molecule has 194 valence electrons. The number of hydrogen-bond acceptors (Lipinski definition) is 8. The van der Waals surface area contributed by atoms with E-state index in [9.17, 15) is 23.9 Å². The summed E-state index contributed by atoms with van der Waals surface area (Å²) in [6, 6.07) is 4.77. The summed E-state index contributed by atoms with van der Waals surface area (Å²) in [6.07, 6.45) is 4.76. The Labute approximate surface area is 211 Å². The fraction of sp³-hybridized carbons (Fsp3) is 0.400. The Bertz CT molecular complexity index is 1430. The predicted molar refractivity (Wildman–Crippen MR) is 133 cm³/mol. The number of hydrogen-bond donors (Lipinski definition) is 4. The number of carbonyl (C=O) groups is 2. The molecule has 0 saturated heterocycles. The van der Waals surface area contributed by atoms with E-state index in [4.69, 9.17) is 4.74 Å². The van der Waals surface area contributed by atoms with Gasteiger partial charge in [-0.1, -0.05) is 0 Å². The van der Waals surface area contributed by atoms with Crippen LogP contribution in [-0.2, 0) is 18.4 Å². The minimum absolute atomic E-state index is 0.000678. The molecule has 3 aromatic heterocycles. The standard InChI is InChI=1S/C25H27FN6O5/c1-32-11-17(25(35)36)21(34)16-8-18(26)22(31-24(16)32)28-14-4-2-13(3-5-14)9-27-10-15-6-7-19-23(29-15)30-20(33)12-37-19/h6-8,11,13-14,27H,2-5,9-10,12H2,1H3,(H,28,31)(H,35,36)(H,29,30,33). The summed E-state index contributed by atoms with van der Waals surface area (Å²) in [5, 5.41) is 18.4. The Morgan fingerprint density at radius 1 is 1.24 bits per heavy atom. The van der Waals surface area contributed by atoms with E-state index in [1.165, 1.54) is 10.8 Å². The van der Waals surface area contributed by atoms with Gasteiger partial charge in [-0.25, -0.2) is 19.2 Å². The molecule has 0 unspecified atom stereocenters. The molecule has 1 aliphatic carbocycles. The first-order valence-electron chi connectivity index (χ1n) is 12.1. The van der Waals surface area contributed by atoms with Crippen LogP contribution in [0.4, 0.5) is 16.0 Å². The molecule has 0 radical (unpaired) electrons. The van der Waals surface area contributed by atoms with Crippen molar-refractivity contribution in [1.82, 2.24) is 19.9 Å². The fourth-order valence-electron chi connectivity index (χ4n) is 4.84. The van der Waals surface area contributed by atoms with E-state index in [1.54, 1.807) is 13.1 Å². The molecule has 4 N–H and O–H groups in total. The summed E-state index contributed by atoms with van der Waals surface area (Å²) in [4.78, 5) is 43.9. The minimum atomic E-state index is -1.36. The van der Waals surface area contributed by atoms with Crippen molar-refractivity contribution in [3.63, 3.8) is 0 Å². The molecule has 5 rings (SSSR count). The Morgan fingerprint density at radius 3 is 2.78 bits per heavy atom. The van der Waals surface area contributed by atoms with E-state index < -0.39 is 22.8 Å². The first kappa shape index (κ1) is 24.6. The molecule has 11 nitrogen and oxygen atoms in total. The molecule has 1 amide bonds. The Hall–Kier alpha value is -4.06. The number of nitrogens with zero attached hydrogens (tertiary/aromatic N) is 3. The first-order valence-corrected chi connectivity index (χ1v) is 12.1. The highest BCUT2D eigenvalue weighted by Crippen LogP contribution is 2.28. The third-order valence-electron chi connectivity index (χ3n) is 6.79. The highest BCUT2D eigenvalue weighted by atomic mass is 19.1. The molecule has 1 aliphatic heterocycles. The quantitative estimate of drug-likeness (QED) is 0.376. The third-order valence-corrected chi connectivity index (χ3v) is 6.79. The van der Waals surface area contributed by atoms with E-state index in [1.807, 2.05) is 6.07 Å². The molecule has 3 aromatic rings. The lowest BCUT2D eigenvalue weighted by molar-refractivity contribution is -0.118. The van der Waals surface area contributed by atoms with Gasteiger partial charge in [0.15, 0.2) is 29.8 Å². The van der Waals surface area contributed by atoms with Crippen LogP contribution in [0.5, 0.6) is 5.75 Å². The van der Waals surface area contributed by atoms with Gasteiger partial charge in [0, 0.05) is 25.8 Å². The molecule has 2 aliphatic rings. The van der Waals surface area contributed by atoms with Gasteiger partial charge in [-0.05, 0) is 56.3 Å². The van der Waals surface area contributed by atoms with Crippen molar-refractivity contribution in [2.24, 2.45) is 13.0 Å². The Kier molecular flexibility index (Phi) is 6.74. The topological polar surface area (TPSA) is 147 Å². The molecule has 37 heavy (non-hydrogen) atoms. The summed E-state index contributed by atoms with van der Waals surface area (Å²) >= 11 is 0. The number of carboxylic acids is 1. The number of rotatable bonds is 7. The molecule has 0 aromatic carbocycles. The number of fused-ring (bicyclic) bond motifs is 2. The van der Waals surface area contributed by atoms with Gasteiger partial charge in [0.1, 0.15) is 11.2 Å². The summed E-state index contributed by atoms with van der Waals surface area (Å²) < 4.78 is 21.5. The number of pyridine rings is 3. The van der Waals surface area contributed by atoms with Gasteiger partial charge >= 0.3 is 5.97 Å². The lowest BCUT2D eigenvalue weighted by Gasteiger charge is -2.29. The second kappa shape index (κ2) is 10.1. The molecular formula is C25H27FN6O5. The van der Waals surface area contributed by atoms with Crippen LogP contribution < -0.4 is 26.1 Å². The van der Waals surface area contributed by atoms with Crippen LogP contribution in [0.25, 0.3) is 11.0 Å². The number of aromatic carboxylic acids is 1. The average Bonchev–Trinajstić information content (AvgIpc) is 2.87. The first-order chi connectivity index (χ1) is 17.8. The number of nitrogens with one attached hydrogen (secondary N) is 3. The summed E-state index contributed by atoms with van der Waals surface area (Å²) in [5.74, 6) is -0.734. The SMILES string of the molecule is Cn1cc(C(=O)O)c(=O)c2cc(F)c(NC3CCC(CNCc4ccc5c(n4)NC(=O)CO5)CC3)nc21. The maximum atomic E-state index is 14.8. The molecule has 4 heterocycles. The van der Waals surface area contributed by atoms with Gasteiger partial charge in [-0.15, -0.1) is 0 Å². The monoisotopic (exact) mass is 510 g/mol. The van der Waals surface area contributed by atoms with Gasteiger partial charge in [0.2, 0.25) is 5.43 Å². The van der Waals surface area contributed by atoms with E-state index in [0.717, 1.165) is 44.0 Å². The highest BCUT2D eigenvalue weighted by molar-refractivity contribution is 5.94. The number of carbonyl (C=O) groups excluding carboxylic acids is 1. The van der Waals surface area contributed by atoms with E-state index in [-0.39, 0.29) is 35.4 Å². The second-order valence-electron chi connectivity index (χ2n) is 9.46. The van der Waals surface area contributed by atoms with Crippen LogP contribution in [0.2, 0.25) is 0 Å². The minimum Gasteiger partial charge on any atom is -0.480 e. The highest BCUT2D eigenvalue weighted by Gasteiger charge is 2.24. The normalized spacial score (nSPS) is 19.1. The molecule has 12 heteroatoms. The number of amides is 1. The smallest absolute Gasteiger partial charge is 0.341 e. The fourth-order valence-corrected chi connectivity index (χ4v) is 4.84. The third kappa shape index (κ3) is 5.24. The lowest BCUT2D eigenvalue weighted by Crippen LogP contribution is -2.32. The Morgan fingerprint density at radius 2 is 2.03 bits per heavy atom. The molecule has 1 saturated carbocycles. The van der Waals surface area contributed by atoms with Gasteiger partial charge in [-0.3, -0.25) is 9.59 Å². The second-order valence-corrected chi connectivity index (χ2v) is 9.46.